The Morgan fingerprint density at radius 1 is 1.10 bits per heavy atom. The molecule has 0 bridgehead atoms. The van der Waals surface area contributed by atoms with Crippen LogP contribution in [0.15, 0.2) is 30.6 Å². The Hall–Kier alpha value is -1.25. The fourth-order valence-electron chi connectivity index (χ4n) is 3.57. The standard InChI is InChI=1S/C19H22ClN5OS.2ClH/c20-14-3-1-13(2-4-14)9-16(21)19(26)25-7-5-24(6-8-25)18-15-10-27-11-17(15)22-12-23-18;;/h1-4,12,16H,5-11,21H2;2*1H. The van der Waals surface area contributed by atoms with Gasteiger partial charge in [0, 0.05) is 48.3 Å². The minimum atomic E-state index is -0.530. The van der Waals surface area contributed by atoms with Gasteiger partial charge in [0.2, 0.25) is 5.91 Å². The molecule has 1 unspecified atom stereocenters. The number of carbonyl (C=O) groups excluding carboxylic acids is 1. The van der Waals surface area contributed by atoms with E-state index >= 15 is 0 Å². The maximum atomic E-state index is 12.7. The quantitative estimate of drug-likeness (QED) is 0.731. The van der Waals surface area contributed by atoms with Gasteiger partial charge in [-0.1, -0.05) is 23.7 Å². The van der Waals surface area contributed by atoms with Gasteiger partial charge in [0.15, 0.2) is 0 Å². The van der Waals surface area contributed by atoms with Crippen molar-refractivity contribution in [1.82, 2.24) is 14.9 Å². The number of benzene rings is 1. The summed E-state index contributed by atoms with van der Waals surface area (Å²) in [6, 6.07) is 6.95. The van der Waals surface area contributed by atoms with Crippen LogP contribution < -0.4 is 10.6 Å². The summed E-state index contributed by atoms with van der Waals surface area (Å²) in [5.41, 5.74) is 9.60. The average Bonchev–Trinajstić information content (AvgIpc) is 3.18. The van der Waals surface area contributed by atoms with Gasteiger partial charge in [0.05, 0.1) is 11.7 Å². The van der Waals surface area contributed by atoms with Crippen LogP contribution >= 0.6 is 48.2 Å². The first-order valence-corrected chi connectivity index (χ1v) is 10.6. The van der Waals surface area contributed by atoms with Crippen molar-refractivity contribution in [2.75, 3.05) is 31.1 Å². The Balaban J connectivity index is 0.00000150. The van der Waals surface area contributed by atoms with Crippen LogP contribution in [0.1, 0.15) is 16.8 Å². The van der Waals surface area contributed by atoms with E-state index in [1.54, 1.807) is 6.33 Å². The molecule has 0 aliphatic carbocycles. The number of nitrogens with two attached hydrogens (primary N) is 1. The highest BCUT2D eigenvalue weighted by molar-refractivity contribution is 7.98. The summed E-state index contributed by atoms with van der Waals surface area (Å²) in [6.45, 7) is 2.87. The molecule has 3 heterocycles. The van der Waals surface area contributed by atoms with Crippen LogP contribution in [0.4, 0.5) is 5.82 Å². The van der Waals surface area contributed by atoms with Crippen LogP contribution in [0.5, 0.6) is 0 Å². The molecule has 1 fully saturated rings. The second-order valence-corrected chi connectivity index (χ2v) is 8.29. The Morgan fingerprint density at radius 2 is 1.79 bits per heavy atom. The van der Waals surface area contributed by atoms with Crippen molar-refractivity contribution in [3.63, 3.8) is 0 Å². The number of hydrogen-bond donors (Lipinski definition) is 1. The molecule has 0 radical (unpaired) electrons. The zero-order valence-corrected chi connectivity index (χ0v) is 19.0. The minimum Gasteiger partial charge on any atom is -0.353 e. The number of anilines is 1. The van der Waals surface area contributed by atoms with Crippen LogP contribution in [0.3, 0.4) is 0 Å². The lowest BCUT2D eigenvalue weighted by Crippen LogP contribution is -2.54. The predicted molar refractivity (Wildman–Crippen MR) is 123 cm³/mol. The minimum absolute atomic E-state index is 0. The molecule has 0 saturated carbocycles. The zero-order chi connectivity index (χ0) is 18.8. The number of piperazine rings is 1. The first-order chi connectivity index (χ1) is 13.1. The van der Waals surface area contributed by atoms with E-state index in [1.807, 2.05) is 40.9 Å². The van der Waals surface area contributed by atoms with Gasteiger partial charge in [-0.2, -0.15) is 11.8 Å². The molecule has 1 saturated heterocycles. The maximum absolute atomic E-state index is 12.7. The normalized spacial score (nSPS) is 16.5. The number of rotatable bonds is 4. The monoisotopic (exact) mass is 475 g/mol. The molecule has 2 aliphatic rings. The van der Waals surface area contributed by atoms with Crippen molar-refractivity contribution in [3.05, 3.63) is 52.4 Å². The molecule has 1 aromatic heterocycles. The first kappa shape index (κ1) is 24.0. The Kier molecular flexibility index (Phi) is 8.85. The van der Waals surface area contributed by atoms with Crippen LogP contribution in [-0.4, -0.2) is 53.0 Å². The van der Waals surface area contributed by atoms with E-state index in [2.05, 4.69) is 14.9 Å². The molecular formula is C19H24Cl3N5OS. The molecule has 29 heavy (non-hydrogen) atoms. The number of halogens is 3. The number of fused-ring (bicyclic) bond motifs is 1. The molecule has 6 nitrogen and oxygen atoms in total. The van der Waals surface area contributed by atoms with Gasteiger partial charge in [0.25, 0.3) is 0 Å². The van der Waals surface area contributed by atoms with Gasteiger partial charge in [0.1, 0.15) is 12.1 Å². The van der Waals surface area contributed by atoms with Crippen molar-refractivity contribution in [1.29, 1.82) is 0 Å². The van der Waals surface area contributed by atoms with Gasteiger partial charge >= 0.3 is 0 Å². The number of amides is 1. The summed E-state index contributed by atoms with van der Waals surface area (Å²) < 4.78 is 0. The summed E-state index contributed by atoms with van der Waals surface area (Å²) in [6.07, 6.45) is 2.17. The van der Waals surface area contributed by atoms with Crippen LogP contribution in [0, 0.1) is 0 Å². The highest BCUT2D eigenvalue weighted by Gasteiger charge is 2.28. The maximum Gasteiger partial charge on any atom is 0.239 e. The van der Waals surface area contributed by atoms with E-state index in [9.17, 15) is 4.79 Å². The second kappa shape index (κ2) is 10.7. The number of nitrogens with zero attached hydrogens (tertiary/aromatic N) is 4. The highest BCUT2D eigenvalue weighted by atomic mass is 35.5. The molecular weight excluding hydrogens is 453 g/mol. The lowest BCUT2D eigenvalue weighted by molar-refractivity contribution is -0.132. The summed E-state index contributed by atoms with van der Waals surface area (Å²) in [5, 5.41) is 0.685. The summed E-state index contributed by atoms with van der Waals surface area (Å²) >= 11 is 7.78. The van der Waals surface area contributed by atoms with E-state index in [1.165, 1.54) is 5.56 Å². The van der Waals surface area contributed by atoms with Crippen LogP contribution in [-0.2, 0) is 22.7 Å². The third-order valence-electron chi connectivity index (χ3n) is 5.07. The van der Waals surface area contributed by atoms with Gasteiger partial charge in [-0.3, -0.25) is 4.79 Å². The van der Waals surface area contributed by atoms with Gasteiger partial charge in [-0.15, -0.1) is 24.8 Å². The molecule has 1 atom stereocenters. The van der Waals surface area contributed by atoms with Gasteiger partial charge in [-0.25, -0.2) is 9.97 Å². The Bertz CT molecular complexity index is 831. The van der Waals surface area contributed by atoms with E-state index in [-0.39, 0.29) is 30.7 Å². The topological polar surface area (TPSA) is 75.4 Å². The Morgan fingerprint density at radius 3 is 2.48 bits per heavy atom. The SMILES string of the molecule is Cl.Cl.NC(Cc1ccc(Cl)cc1)C(=O)N1CCN(c2ncnc3c2CSC3)CC1. The lowest BCUT2D eigenvalue weighted by atomic mass is 10.1. The number of aromatic nitrogens is 2. The fraction of sp³-hybridized carbons (Fsp3) is 0.421. The number of carbonyl (C=O) groups is 1. The van der Waals surface area contributed by atoms with Crippen LogP contribution in [0.2, 0.25) is 5.02 Å². The van der Waals surface area contributed by atoms with Crippen molar-refractivity contribution >= 4 is 59.9 Å². The molecule has 1 amide bonds. The molecule has 2 N–H and O–H groups in total. The molecule has 158 valence electrons. The van der Waals surface area contributed by atoms with Crippen molar-refractivity contribution in [2.45, 2.75) is 24.0 Å². The molecule has 4 rings (SSSR count). The van der Waals surface area contributed by atoms with E-state index in [4.69, 9.17) is 17.3 Å². The molecule has 2 aromatic rings. The largest absolute Gasteiger partial charge is 0.353 e. The first-order valence-electron chi connectivity index (χ1n) is 9.06. The van der Waals surface area contributed by atoms with E-state index in [0.717, 1.165) is 41.7 Å². The van der Waals surface area contributed by atoms with Crippen LogP contribution in [0.25, 0.3) is 0 Å². The zero-order valence-electron chi connectivity index (χ0n) is 15.8. The summed E-state index contributed by atoms with van der Waals surface area (Å²) in [7, 11) is 0. The number of thioether (sulfide) groups is 1. The van der Waals surface area contributed by atoms with Crippen molar-refractivity contribution < 1.29 is 4.79 Å². The summed E-state index contributed by atoms with van der Waals surface area (Å²) in [5.74, 6) is 2.97. The lowest BCUT2D eigenvalue weighted by Gasteiger charge is -2.37. The molecule has 0 spiro atoms. The van der Waals surface area contributed by atoms with E-state index in [0.29, 0.717) is 24.5 Å². The van der Waals surface area contributed by atoms with Crippen molar-refractivity contribution in [2.24, 2.45) is 5.73 Å². The van der Waals surface area contributed by atoms with Gasteiger partial charge in [-0.05, 0) is 24.1 Å². The molecule has 1 aromatic carbocycles. The Labute approximate surface area is 192 Å². The smallest absolute Gasteiger partial charge is 0.239 e. The molecule has 10 heteroatoms. The third kappa shape index (κ3) is 5.47. The summed E-state index contributed by atoms with van der Waals surface area (Å²) in [4.78, 5) is 25.7. The fourth-order valence-corrected chi connectivity index (χ4v) is 4.74. The predicted octanol–water partition coefficient (Wildman–Crippen LogP) is 2.94. The third-order valence-corrected chi connectivity index (χ3v) is 6.30. The molecule has 2 aliphatic heterocycles. The second-order valence-electron chi connectivity index (χ2n) is 6.86. The van der Waals surface area contributed by atoms with Crippen molar-refractivity contribution in [3.8, 4) is 0 Å². The average molecular weight is 477 g/mol. The number of hydrogen-bond acceptors (Lipinski definition) is 6. The highest BCUT2D eigenvalue weighted by Crippen LogP contribution is 2.34. The van der Waals surface area contributed by atoms with E-state index < -0.39 is 6.04 Å². The van der Waals surface area contributed by atoms with Gasteiger partial charge < -0.3 is 15.5 Å².